The molecule has 0 bridgehead atoms. The third-order valence-electron chi connectivity index (χ3n) is 6.52. The van der Waals surface area contributed by atoms with Crippen LogP contribution in [0.3, 0.4) is 0 Å². The van der Waals surface area contributed by atoms with Crippen molar-refractivity contribution in [1.82, 2.24) is 14.8 Å². The number of methoxy groups -OCH3 is 1. The standard InChI is InChI=1S/C28H24ClF4N5O5/c1-41-20-11-18(10-19(12-20)38-15-34-14-35-38)36-26(21-3-2-17(29)9-24(21)42-7-6-39)27(40)37-5-4-16-8-22(30)25(13-23(16)37)43-28(31,32)33/h2-3,8-15,26,36,39H,4-7H2,1H3. The third-order valence-corrected chi connectivity index (χ3v) is 6.76. The number of alkyl halides is 3. The molecule has 0 aliphatic carbocycles. The number of nitrogens with zero attached hydrogens (tertiary/aromatic N) is 4. The van der Waals surface area contributed by atoms with Gasteiger partial charge in [0.2, 0.25) is 0 Å². The van der Waals surface area contributed by atoms with Gasteiger partial charge in [0, 0.05) is 41.0 Å². The number of aliphatic hydroxyl groups excluding tert-OH is 1. The second-order valence-electron chi connectivity index (χ2n) is 9.29. The Morgan fingerprint density at radius 2 is 1.98 bits per heavy atom. The molecule has 1 aliphatic heterocycles. The van der Waals surface area contributed by atoms with Crippen LogP contribution in [0.4, 0.5) is 28.9 Å². The largest absolute Gasteiger partial charge is 0.573 e. The predicted molar refractivity (Wildman–Crippen MR) is 147 cm³/mol. The van der Waals surface area contributed by atoms with Crippen molar-refractivity contribution in [3.63, 3.8) is 0 Å². The average molecular weight is 622 g/mol. The first-order valence-corrected chi connectivity index (χ1v) is 13.2. The number of carbonyl (C=O) groups is 1. The Morgan fingerprint density at radius 3 is 2.67 bits per heavy atom. The first-order valence-electron chi connectivity index (χ1n) is 12.8. The van der Waals surface area contributed by atoms with Gasteiger partial charge in [-0.3, -0.25) is 4.79 Å². The van der Waals surface area contributed by atoms with E-state index in [1.807, 2.05) is 0 Å². The fourth-order valence-corrected chi connectivity index (χ4v) is 4.86. The van der Waals surface area contributed by atoms with Crippen LogP contribution in [0.1, 0.15) is 17.2 Å². The molecule has 0 radical (unpaired) electrons. The van der Waals surface area contributed by atoms with Crippen molar-refractivity contribution in [2.45, 2.75) is 18.8 Å². The number of rotatable bonds is 10. The van der Waals surface area contributed by atoms with Gasteiger partial charge >= 0.3 is 6.36 Å². The molecule has 0 spiro atoms. The fraction of sp³-hybridized carbons (Fsp3) is 0.250. The molecule has 10 nitrogen and oxygen atoms in total. The van der Waals surface area contributed by atoms with Crippen LogP contribution in [0.15, 0.2) is 61.2 Å². The molecule has 226 valence electrons. The Bertz CT molecular complexity index is 1620. The van der Waals surface area contributed by atoms with Crippen LogP contribution in [-0.2, 0) is 11.2 Å². The van der Waals surface area contributed by atoms with Gasteiger partial charge in [-0.25, -0.2) is 14.1 Å². The Kier molecular flexibility index (Phi) is 8.59. The smallest absolute Gasteiger partial charge is 0.497 e. The molecule has 0 saturated heterocycles. The maximum absolute atomic E-state index is 14.4. The van der Waals surface area contributed by atoms with Crippen molar-refractivity contribution in [3.05, 3.63) is 83.2 Å². The summed E-state index contributed by atoms with van der Waals surface area (Å²) >= 11 is 6.20. The quantitative estimate of drug-likeness (QED) is 0.236. The van der Waals surface area contributed by atoms with E-state index in [0.717, 1.165) is 12.1 Å². The van der Waals surface area contributed by atoms with Crippen LogP contribution in [0.25, 0.3) is 5.69 Å². The molecular weight excluding hydrogens is 598 g/mol. The summed E-state index contributed by atoms with van der Waals surface area (Å²) in [5.41, 5.74) is 1.68. The molecule has 15 heteroatoms. The summed E-state index contributed by atoms with van der Waals surface area (Å²) in [6, 6.07) is 10.2. The highest BCUT2D eigenvalue weighted by Gasteiger charge is 2.37. The summed E-state index contributed by atoms with van der Waals surface area (Å²) in [6.07, 6.45) is -2.12. The van der Waals surface area contributed by atoms with E-state index in [4.69, 9.17) is 21.1 Å². The zero-order valence-corrected chi connectivity index (χ0v) is 23.2. The molecule has 1 aliphatic rings. The average Bonchev–Trinajstić information content (AvgIpc) is 3.65. The van der Waals surface area contributed by atoms with E-state index in [9.17, 15) is 27.5 Å². The van der Waals surface area contributed by atoms with E-state index in [0.29, 0.717) is 33.3 Å². The van der Waals surface area contributed by atoms with Gasteiger partial charge in [0.1, 0.15) is 36.8 Å². The first-order chi connectivity index (χ1) is 20.6. The lowest BCUT2D eigenvalue weighted by Gasteiger charge is -2.28. The minimum Gasteiger partial charge on any atom is -0.497 e. The molecule has 2 N–H and O–H groups in total. The van der Waals surface area contributed by atoms with Gasteiger partial charge in [0.05, 0.1) is 25.1 Å². The molecule has 3 aromatic carbocycles. The highest BCUT2D eigenvalue weighted by Crippen LogP contribution is 2.40. The third kappa shape index (κ3) is 6.75. The van der Waals surface area contributed by atoms with Gasteiger partial charge in [-0.1, -0.05) is 17.7 Å². The molecule has 0 saturated carbocycles. The van der Waals surface area contributed by atoms with Crippen LogP contribution in [0.5, 0.6) is 17.2 Å². The Hall–Kier alpha value is -4.56. The van der Waals surface area contributed by atoms with E-state index in [1.165, 1.54) is 35.4 Å². The van der Waals surface area contributed by atoms with Gasteiger partial charge in [-0.2, -0.15) is 5.10 Å². The number of amides is 1. The number of anilines is 2. The van der Waals surface area contributed by atoms with E-state index >= 15 is 0 Å². The van der Waals surface area contributed by atoms with Crippen molar-refractivity contribution in [3.8, 4) is 22.9 Å². The Morgan fingerprint density at radius 1 is 1.16 bits per heavy atom. The van der Waals surface area contributed by atoms with Crippen LogP contribution in [0.2, 0.25) is 5.02 Å². The van der Waals surface area contributed by atoms with Gasteiger partial charge in [-0.15, -0.1) is 13.2 Å². The zero-order valence-electron chi connectivity index (χ0n) is 22.4. The lowest BCUT2D eigenvalue weighted by Crippen LogP contribution is -2.37. The van der Waals surface area contributed by atoms with E-state index in [2.05, 4.69) is 20.1 Å². The van der Waals surface area contributed by atoms with Gasteiger partial charge in [0.25, 0.3) is 5.91 Å². The second-order valence-corrected chi connectivity index (χ2v) is 9.73. The molecule has 1 aromatic heterocycles. The van der Waals surface area contributed by atoms with Crippen molar-refractivity contribution in [2.75, 3.05) is 37.1 Å². The molecule has 1 unspecified atom stereocenters. The summed E-state index contributed by atoms with van der Waals surface area (Å²) in [4.78, 5) is 19.5. The maximum atomic E-state index is 14.4. The number of ether oxygens (including phenoxy) is 3. The number of fused-ring (bicyclic) bond motifs is 1. The first kappa shape index (κ1) is 29.9. The molecule has 1 atom stereocenters. The number of halogens is 5. The van der Waals surface area contributed by atoms with Crippen molar-refractivity contribution in [2.24, 2.45) is 0 Å². The molecule has 1 amide bonds. The number of hydrogen-bond donors (Lipinski definition) is 2. The number of hydrogen-bond acceptors (Lipinski definition) is 8. The molecule has 4 aromatic rings. The lowest BCUT2D eigenvalue weighted by molar-refractivity contribution is -0.275. The molecule has 43 heavy (non-hydrogen) atoms. The van der Waals surface area contributed by atoms with Gasteiger partial charge in [-0.05, 0) is 36.2 Å². The predicted octanol–water partition coefficient (Wildman–Crippen LogP) is 5.08. The van der Waals surface area contributed by atoms with Crippen molar-refractivity contribution >= 4 is 28.9 Å². The lowest BCUT2D eigenvalue weighted by atomic mass is 10.0. The summed E-state index contributed by atoms with van der Waals surface area (Å²) in [5.74, 6) is -2.24. The minimum atomic E-state index is -5.14. The minimum absolute atomic E-state index is 0.0595. The van der Waals surface area contributed by atoms with Crippen LogP contribution < -0.4 is 24.4 Å². The monoisotopic (exact) mass is 621 g/mol. The van der Waals surface area contributed by atoms with Crippen LogP contribution in [-0.4, -0.2) is 59.0 Å². The zero-order chi connectivity index (χ0) is 30.7. The molecule has 0 fully saturated rings. The summed E-state index contributed by atoms with van der Waals surface area (Å²) in [5, 5.41) is 17.0. The number of benzene rings is 3. The van der Waals surface area contributed by atoms with Crippen molar-refractivity contribution < 1.29 is 41.7 Å². The number of aromatic nitrogens is 3. The molecule has 5 rings (SSSR count). The molecular formula is C28H24ClF4N5O5. The summed E-state index contributed by atoms with van der Waals surface area (Å²) < 4.78 is 69.8. The van der Waals surface area contributed by atoms with E-state index < -0.39 is 29.9 Å². The topological polar surface area (TPSA) is 111 Å². The number of carbonyl (C=O) groups excluding carboxylic acids is 1. The Balaban J connectivity index is 1.59. The SMILES string of the molecule is COc1cc(NC(C(=O)N2CCc3cc(F)c(OC(F)(F)F)cc32)c2ccc(Cl)cc2OCCO)cc(-n2cncn2)c1. The highest BCUT2D eigenvalue weighted by atomic mass is 35.5. The number of aliphatic hydroxyl groups is 1. The summed E-state index contributed by atoms with van der Waals surface area (Å²) in [6.45, 7) is -0.361. The highest BCUT2D eigenvalue weighted by molar-refractivity contribution is 6.30. The Labute approximate surface area is 247 Å². The molecule has 2 heterocycles. The maximum Gasteiger partial charge on any atom is 0.573 e. The van der Waals surface area contributed by atoms with E-state index in [1.54, 1.807) is 30.3 Å². The van der Waals surface area contributed by atoms with Gasteiger partial charge < -0.3 is 29.5 Å². The second kappa shape index (κ2) is 12.4. The number of nitrogens with one attached hydrogen (secondary N) is 1. The fourth-order valence-electron chi connectivity index (χ4n) is 4.70. The van der Waals surface area contributed by atoms with Crippen LogP contribution >= 0.6 is 11.6 Å². The van der Waals surface area contributed by atoms with E-state index in [-0.39, 0.29) is 37.6 Å². The van der Waals surface area contributed by atoms with Gasteiger partial charge in [0.15, 0.2) is 11.6 Å². The van der Waals surface area contributed by atoms with Crippen molar-refractivity contribution in [1.29, 1.82) is 0 Å². The normalized spacial score (nSPS) is 13.4. The summed E-state index contributed by atoms with van der Waals surface area (Å²) in [7, 11) is 1.47. The van der Waals surface area contributed by atoms with Crippen LogP contribution in [0, 0.1) is 5.82 Å².